The van der Waals surface area contributed by atoms with Crippen molar-refractivity contribution < 1.29 is 9.47 Å². The molecule has 0 amide bonds. The molecule has 0 aliphatic heterocycles. The third-order valence-electron chi connectivity index (χ3n) is 3.72. The first-order valence-corrected chi connectivity index (χ1v) is 7.26. The minimum Gasteiger partial charge on any atom is -0.476 e. The lowest BCUT2D eigenvalue weighted by Gasteiger charge is -2.11. The van der Waals surface area contributed by atoms with Crippen molar-refractivity contribution >= 4 is 5.69 Å². The van der Waals surface area contributed by atoms with Crippen LogP contribution in [0.3, 0.4) is 0 Å². The Kier molecular flexibility index (Phi) is 3.69. The molecule has 1 aromatic heterocycles. The van der Waals surface area contributed by atoms with Gasteiger partial charge in [-0.15, -0.1) is 0 Å². The second-order valence-electron chi connectivity index (χ2n) is 5.65. The van der Waals surface area contributed by atoms with Gasteiger partial charge >= 0.3 is 0 Å². The van der Waals surface area contributed by atoms with Crippen LogP contribution in [-0.2, 0) is 0 Å². The molecule has 110 valence electrons. The Morgan fingerprint density at radius 1 is 1.14 bits per heavy atom. The van der Waals surface area contributed by atoms with Crippen LogP contribution < -0.4 is 15.2 Å². The summed E-state index contributed by atoms with van der Waals surface area (Å²) in [6.45, 7) is 4.82. The molecule has 21 heavy (non-hydrogen) atoms. The lowest BCUT2D eigenvalue weighted by atomic mass is 10.1. The van der Waals surface area contributed by atoms with Crippen molar-refractivity contribution in [3.05, 3.63) is 41.5 Å². The highest BCUT2D eigenvalue weighted by atomic mass is 16.5. The summed E-state index contributed by atoms with van der Waals surface area (Å²) in [4.78, 5) is 4.35. The molecule has 1 aliphatic carbocycles. The van der Waals surface area contributed by atoms with E-state index in [0.29, 0.717) is 30.0 Å². The van der Waals surface area contributed by atoms with Gasteiger partial charge in [0.1, 0.15) is 5.75 Å². The molecule has 1 heterocycles. The number of rotatable bonds is 5. The predicted octanol–water partition coefficient (Wildman–Crippen LogP) is 3.86. The molecule has 4 nitrogen and oxygen atoms in total. The lowest BCUT2D eigenvalue weighted by molar-refractivity contribution is 0.286. The van der Waals surface area contributed by atoms with Gasteiger partial charge in [-0.1, -0.05) is 6.07 Å². The number of nitrogens with two attached hydrogens (primary N) is 1. The monoisotopic (exact) mass is 284 g/mol. The van der Waals surface area contributed by atoms with E-state index in [1.165, 1.54) is 24.0 Å². The largest absolute Gasteiger partial charge is 0.476 e. The fourth-order valence-electron chi connectivity index (χ4n) is 1.99. The zero-order chi connectivity index (χ0) is 14.8. The lowest BCUT2D eigenvalue weighted by Crippen LogP contribution is -2.04. The molecule has 2 aromatic rings. The maximum absolute atomic E-state index is 5.89. The van der Waals surface area contributed by atoms with Gasteiger partial charge in [-0.2, -0.15) is 4.98 Å². The van der Waals surface area contributed by atoms with Crippen molar-refractivity contribution in [2.24, 2.45) is 5.92 Å². The van der Waals surface area contributed by atoms with Crippen molar-refractivity contribution in [3.63, 3.8) is 0 Å². The summed E-state index contributed by atoms with van der Waals surface area (Å²) in [7, 11) is 0. The van der Waals surface area contributed by atoms with E-state index in [9.17, 15) is 0 Å². The van der Waals surface area contributed by atoms with E-state index in [4.69, 9.17) is 15.2 Å². The predicted molar refractivity (Wildman–Crippen MR) is 82.9 cm³/mol. The molecule has 3 rings (SSSR count). The maximum Gasteiger partial charge on any atom is 0.240 e. The standard InChI is InChI=1S/C17H20N2O2/c1-11-3-6-14(9-12(11)2)21-16-8-7-15(18)17(19-16)20-10-13-4-5-13/h3,6-9,13H,4-5,10,18H2,1-2H3. The first-order valence-electron chi connectivity index (χ1n) is 7.26. The Labute approximate surface area is 124 Å². The van der Waals surface area contributed by atoms with Gasteiger partial charge in [0.25, 0.3) is 0 Å². The van der Waals surface area contributed by atoms with Crippen molar-refractivity contribution in [1.29, 1.82) is 0 Å². The molecule has 2 N–H and O–H groups in total. The fraction of sp³-hybridized carbons (Fsp3) is 0.353. The second kappa shape index (κ2) is 5.64. The zero-order valence-electron chi connectivity index (χ0n) is 12.4. The van der Waals surface area contributed by atoms with Gasteiger partial charge in [0.05, 0.1) is 12.3 Å². The van der Waals surface area contributed by atoms with E-state index in [0.717, 1.165) is 5.75 Å². The van der Waals surface area contributed by atoms with Crippen molar-refractivity contribution in [1.82, 2.24) is 4.98 Å². The van der Waals surface area contributed by atoms with Gasteiger partial charge in [-0.3, -0.25) is 0 Å². The number of benzene rings is 1. The highest BCUT2D eigenvalue weighted by Gasteiger charge is 2.22. The third-order valence-corrected chi connectivity index (χ3v) is 3.72. The van der Waals surface area contributed by atoms with Crippen LogP contribution in [0.2, 0.25) is 0 Å². The summed E-state index contributed by atoms with van der Waals surface area (Å²) in [5.41, 5.74) is 8.86. The van der Waals surface area contributed by atoms with E-state index < -0.39 is 0 Å². The Morgan fingerprint density at radius 2 is 1.95 bits per heavy atom. The Bertz CT molecular complexity index is 651. The van der Waals surface area contributed by atoms with Gasteiger partial charge in [0, 0.05) is 6.07 Å². The molecule has 0 saturated heterocycles. The van der Waals surface area contributed by atoms with Gasteiger partial charge in [0.15, 0.2) is 0 Å². The normalized spacial score (nSPS) is 14.0. The van der Waals surface area contributed by atoms with Gasteiger partial charge in [-0.05, 0) is 61.9 Å². The van der Waals surface area contributed by atoms with Crippen LogP contribution in [0, 0.1) is 19.8 Å². The third kappa shape index (κ3) is 3.45. The number of pyridine rings is 1. The number of nitrogens with zero attached hydrogens (tertiary/aromatic N) is 1. The first-order chi connectivity index (χ1) is 10.1. The SMILES string of the molecule is Cc1ccc(Oc2ccc(N)c(OCC3CC3)n2)cc1C. The maximum atomic E-state index is 5.89. The molecular formula is C17H20N2O2. The molecular weight excluding hydrogens is 264 g/mol. The summed E-state index contributed by atoms with van der Waals surface area (Å²) in [6.07, 6.45) is 2.47. The summed E-state index contributed by atoms with van der Waals surface area (Å²) < 4.78 is 11.5. The summed E-state index contributed by atoms with van der Waals surface area (Å²) >= 11 is 0. The van der Waals surface area contributed by atoms with Crippen LogP contribution in [0.5, 0.6) is 17.5 Å². The summed E-state index contributed by atoms with van der Waals surface area (Å²) in [5.74, 6) is 2.39. The molecule has 1 saturated carbocycles. The molecule has 0 atom stereocenters. The molecule has 0 unspecified atom stereocenters. The van der Waals surface area contributed by atoms with E-state index in [1.54, 1.807) is 12.1 Å². The molecule has 0 radical (unpaired) electrons. The van der Waals surface area contributed by atoms with Crippen LogP contribution in [0.15, 0.2) is 30.3 Å². The van der Waals surface area contributed by atoms with Gasteiger partial charge < -0.3 is 15.2 Å². The smallest absolute Gasteiger partial charge is 0.240 e. The topological polar surface area (TPSA) is 57.4 Å². The van der Waals surface area contributed by atoms with Crippen LogP contribution in [0.25, 0.3) is 0 Å². The Balaban J connectivity index is 1.74. The quantitative estimate of drug-likeness (QED) is 0.905. The number of nitrogen functional groups attached to an aromatic ring is 1. The number of hydrogen-bond acceptors (Lipinski definition) is 4. The minimum atomic E-state index is 0.461. The second-order valence-corrected chi connectivity index (χ2v) is 5.65. The van der Waals surface area contributed by atoms with E-state index in [1.807, 2.05) is 18.2 Å². The Hall–Kier alpha value is -2.23. The van der Waals surface area contributed by atoms with Gasteiger partial charge in [0.2, 0.25) is 11.8 Å². The molecule has 0 spiro atoms. The molecule has 0 bridgehead atoms. The van der Waals surface area contributed by atoms with E-state index >= 15 is 0 Å². The van der Waals surface area contributed by atoms with Crippen LogP contribution in [-0.4, -0.2) is 11.6 Å². The van der Waals surface area contributed by atoms with Crippen LogP contribution in [0.4, 0.5) is 5.69 Å². The number of aryl methyl sites for hydroxylation is 2. The van der Waals surface area contributed by atoms with Crippen molar-refractivity contribution in [3.8, 4) is 17.5 Å². The van der Waals surface area contributed by atoms with Crippen molar-refractivity contribution in [2.45, 2.75) is 26.7 Å². The Morgan fingerprint density at radius 3 is 2.67 bits per heavy atom. The first kappa shape index (κ1) is 13.7. The number of ether oxygens (including phenoxy) is 2. The minimum absolute atomic E-state index is 0.461. The van der Waals surface area contributed by atoms with E-state index in [2.05, 4.69) is 18.8 Å². The molecule has 1 fully saturated rings. The average molecular weight is 284 g/mol. The molecule has 1 aromatic carbocycles. The summed E-state index contributed by atoms with van der Waals surface area (Å²) in [5, 5.41) is 0. The average Bonchev–Trinajstić information content (AvgIpc) is 3.28. The van der Waals surface area contributed by atoms with Crippen molar-refractivity contribution in [2.75, 3.05) is 12.3 Å². The van der Waals surface area contributed by atoms with Crippen LogP contribution in [0.1, 0.15) is 24.0 Å². The highest BCUT2D eigenvalue weighted by Crippen LogP contribution is 2.31. The highest BCUT2D eigenvalue weighted by molar-refractivity contribution is 5.50. The molecule has 4 heteroatoms. The number of anilines is 1. The fourth-order valence-corrected chi connectivity index (χ4v) is 1.99. The van der Waals surface area contributed by atoms with Gasteiger partial charge in [-0.25, -0.2) is 0 Å². The van der Waals surface area contributed by atoms with Crippen LogP contribution >= 0.6 is 0 Å². The number of aromatic nitrogens is 1. The number of hydrogen-bond donors (Lipinski definition) is 1. The summed E-state index contributed by atoms with van der Waals surface area (Å²) in [6, 6.07) is 9.50. The zero-order valence-corrected chi connectivity index (χ0v) is 12.4. The van der Waals surface area contributed by atoms with E-state index in [-0.39, 0.29) is 0 Å². The molecule has 1 aliphatic rings.